The van der Waals surface area contributed by atoms with E-state index in [0.717, 1.165) is 10.5 Å². The molecule has 1 aliphatic rings. The average molecular weight is 391 g/mol. The number of fused-ring (bicyclic) bond motifs is 1. The Morgan fingerprint density at radius 1 is 1.15 bits per heavy atom. The molecule has 0 saturated heterocycles. The first-order chi connectivity index (χ1) is 12.3. The summed E-state index contributed by atoms with van der Waals surface area (Å²) >= 11 is 1.55. The van der Waals surface area contributed by atoms with Gasteiger partial charge in [0.05, 0.1) is 10.6 Å². The highest BCUT2D eigenvalue weighted by Gasteiger charge is 2.23. The van der Waals surface area contributed by atoms with Crippen molar-refractivity contribution in [2.45, 2.75) is 36.5 Å². The van der Waals surface area contributed by atoms with Gasteiger partial charge in [-0.25, -0.2) is 8.42 Å². The second-order valence-electron chi connectivity index (χ2n) is 6.74. The monoisotopic (exact) mass is 390 g/mol. The van der Waals surface area contributed by atoms with Crippen LogP contribution in [0.5, 0.6) is 0 Å². The molecule has 26 heavy (non-hydrogen) atoms. The third-order valence-electron chi connectivity index (χ3n) is 4.29. The zero-order chi connectivity index (χ0) is 18.9. The average Bonchev–Trinajstić information content (AvgIpc) is 2.73. The Kier molecular flexibility index (Phi) is 5.29. The van der Waals surface area contributed by atoms with Gasteiger partial charge in [-0.05, 0) is 41.8 Å². The minimum atomic E-state index is -3.73. The van der Waals surface area contributed by atoms with Crippen molar-refractivity contribution >= 4 is 39.1 Å². The van der Waals surface area contributed by atoms with Crippen molar-refractivity contribution in [2.75, 3.05) is 15.8 Å². The van der Waals surface area contributed by atoms with Crippen LogP contribution < -0.4 is 10.0 Å². The summed E-state index contributed by atoms with van der Waals surface area (Å²) in [4.78, 5) is 13.0. The SMILES string of the molecule is CC(C)c1ccc(NS(=O)(=O)c2ccc3c(c2)NC(=O)[C@@H](C)CS3)cc1. The number of anilines is 2. The third-order valence-corrected chi connectivity index (χ3v) is 7.00. The van der Waals surface area contributed by atoms with Gasteiger partial charge in [-0.3, -0.25) is 9.52 Å². The van der Waals surface area contributed by atoms with Crippen LogP contribution in [-0.4, -0.2) is 20.1 Å². The normalized spacial score (nSPS) is 17.4. The van der Waals surface area contributed by atoms with Gasteiger partial charge in [0.15, 0.2) is 0 Å². The van der Waals surface area contributed by atoms with Crippen LogP contribution in [0.25, 0.3) is 0 Å². The molecule has 0 bridgehead atoms. The van der Waals surface area contributed by atoms with Crippen LogP contribution in [0, 0.1) is 5.92 Å². The maximum atomic E-state index is 12.7. The van der Waals surface area contributed by atoms with E-state index in [4.69, 9.17) is 0 Å². The first-order valence-corrected chi connectivity index (χ1v) is 10.9. The molecule has 2 aromatic carbocycles. The summed E-state index contributed by atoms with van der Waals surface area (Å²) in [7, 11) is -3.73. The first kappa shape index (κ1) is 18.8. The summed E-state index contributed by atoms with van der Waals surface area (Å²) in [6.07, 6.45) is 0. The minimum Gasteiger partial charge on any atom is -0.325 e. The van der Waals surface area contributed by atoms with Crippen LogP contribution in [0.3, 0.4) is 0 Å². The fraction of sp³-hybridized carbons (Fsp3) is 0.316. The van der Waals surface area contributed by atoms with E-state index >= 15 is 0 Å². The largest absolute Gasteiger partial charge is 0.325 e. The van der Waals surface area contributed by atoms with E-state index in [9.17, 15) is 13.2 Å². The number of nitrogens with one attached hydrogen (secondary N) is 2. The Morgan fingerprint density at radius 3 is 2.50 bits per heavy atom. The van der Waals surface area contributed by atoms with Gasteiger partial charge in [0.1, 0.15) is 0 Å². The molecule has 0 aromatic heterocycles. The van der Waals surface area contributed by atoms with Gasteiger partial charge in [0.25, 0.3) is 10.0 Å². The van der Waals surface area contributed by atoms with Crippen molar-refractivity contribution in [3.8, 4) is 0 Å². The van der Waals surface area contributed by atoms with Gasteiger partial charge < -0.3 is 5.32 Å². The molecule has 0 unspecified atom stereocenters. The Bertz CT molecular complexity index is 922. The number of thioether (sulfide) groups is 1. The van der Waals surface area contributed by atoms with Crippen LogP contribution in [0.4, 0.5) is 11.4 Å². The second-order valence-corrected chi connectivity index (χ2v) is 9.49. The van der Waals surface area contributed by atoms with E-state index in [1.165, 1.54) is 6.07 Å². The molecule has 1 heterocycles. The highest BCUT2D eigenvalue weighted by Crippen LogP contribution is 2.34. The molecule has 138 valence electrons. The van der Waals surface area contributed by atoms with Crippen molar-refractivity contribution in [2.24, 2.45) is 5.92 Å². The van der Waals surface area contributed by atoms with Crippen LogP contribution >= 0.6 is 11.8 Å². The van der Waals surface area contributed by atoms with Crippen molar-refractivity contribution in [3.05, 3.63) is 48.0 Å². The molecule has 0 spiro atoms. The topological polar surface area (TPSA) is 75.3 Å². The summed E-state index contributed by atoms with van der Waals surface area (Å²) in [6, 6.07) is 12.2. The predicted molar refractivity (Wildman–Crippen MR) is 106 cm³/mol. The summed E-state index contributed by atoms with van der Waals surface area (Å²) in [5, 5.41) is 2.82. The molecular weight excluding hydrogens is 368 g/mol. The fourth-order valence-electron chi connectivity index (χ4n) is 2.60. The number of rotatable bonds is 4. The zero-order valence-corrected chi connectivity index (χ0v) is 16.6. The highest BCUT2D eigenvalue weighted by atomic mass is 32.2. The highest BCUT2D eigenvalue weighted by molar-refractivity contribution is 7.99. The van der Waals surface area contributed by atoms with E-state index in [-0.39, 0.29) is 16.7 Å². The number of sulfonamides is 1. The van der Waals surface area contributed by atoms with Crippen LogP contribution in [-0.2, 0) is 14.8 Å². The number of benzene rings is 2. The molecule has 3 rings (SSSR count). The molecule has 1 atom stereocenters. The lowest BCUT2D eigenvalue weighted by atomic mass is 10.0. The number of hydrogen-bond acceptors (Lipinski definition) is 4. The van der Waals surface area contributed by atoms with Gasteiger partial charge in [-0.1, -0.05) is 32.9 Å². The Morgan fingerprint density at radius 2 is 1.85 bits per heavy atom. The summed E-state index contributed by atoms with van der Waals surface area (Å²) in [6.45, 7) is 6.03. The van der Waals surface area contributed by atoms with Crippen LogP contribution in [0.2, 0.25) is 0 Å². The molecule has 7 heteroatoms. The quantitative estimate of drug-likeness (QED) is 0.816. The zero-order valence-electron chi connectivity index (χ0n) is 14.9. The molecule has 2 N–H and O–H groups in total. The Labute approximate surface area is 158 Å². The Hall–Kier alpha value is -1.99. The molecular formula is C19H22N2O3S2. The lowest BCUT2D eigenvalue weighted by Gasteiger charge is -2.12. The van der Waals surface area contributed by atoms with Crippen molar-refractivity contribution < 1.29 is 13.2 Å². The van der Waals surface area contributed by atoms with Crippen molar-refractivity contribution in [3.63, 3.8) is 0 Å². The van der Waals surface area contributed by atoms with Gasteiger partial charge in [0, 0.05) is 22.3 Å². The maximum Gasteiger partial charge on any atom is 0.261 e. The molecule has 1 amide bonds. The fourth-order valence-corrected chi connectivity index (χ4v) is 4.69. The van der Waals surface area contributed by atoms with Crippen molar-refractivity contribution in [1.82, 2.24) is 0 Å². The van der Waals surface area contributed by atoms with E-state index in [1.54, 1.807) is 36.0 Å². The number of amides is 1. The molecule has 2 aromatic rings. The number of carbonyl (C=O) groups excluding carboxylic acids is 1. The molecule has 0 radical (unpaired) electrons. The van der Waals surface area contributed by atoms with Gasteiger partial charge in [-0.2, -0.15) is 0 Å². The first-order valence-electron chi connectivity index (χ1n) is 8.47. The summed E-state index contributed by atoms with van der Waals surface area (Å²) in [5.74, 6) is 0.840. The van der Waals surface area contributed by atoms with E-state index in [2.05, 4.69) is 23.9 Å². The lowest BCUT2D eigenvalue weighted by molar-refractivity contribution is -0.118. The molecule has 5 nitrogen and oxygen atoms in total. The lowest BCUT2D eigenvalue weighted by Crippen LogP contribution is -2.20. The van der Waals surface area contributed by atoms with Crippen LogP contribution in [0.15, 0.2) is 52.3 Å². The van der Waals surface area contributed by atoms with Gasteiger partial charge in [0.2, 0.25) is 5.91 Å². The second kappa shape index (κ2) is 7.32. The van der Waals surface area contributed by atoms with Gasteiger partial charge in [-0.15, -0.1) is 11.8 Å². The Balaban J connectivity index is 1.86. The minimum absolute atomic E-state index is 0.0944. The predicted octanol–water partition coefficient (Wildman–Crippen LogP) is 4.29. The molecule has 1 aliphatic heterocycles. The van der Waals surface area contributed by atoms with E-state index in [0.29, 0.717) is 23.0 Å². The van der Waals surface area contributed by atoms with Crippen molar-refractivity contribution in [1.29, 1.82) is 0 Å². The number of hydrogen-bond donors (Lipinski definition) is 2. The summed E-state index contributed by atoms with van der Waals surface area (Å²) < 4.78 is 28.0. The smallest absolute Gasteiger partial charge is 0.261 e. The number of carbonyl (C=O) groups is 1. The van der Waals surface area contributed by atoms with Gasteiger partial charge >= 0.3 is 0 Å². The summed E-state index contributed by atoms with van der Waals surface area (Å²) in [5.41, 5.74) is 2.20. The molecule has 0 fully saturated rings. The molecule has 0 aliphatic carbocycles. The third kappa shape index (κ3) is 4.04. The van der Waals surface area contributed by atoms with E-state index in [1.807, 2.05) is 19.1 Å². The van der Waals surface area contributed by atoms with E-state index < -0.39 is 10.0 Å². The standard InChI is InChI=1S/C19H22N2O3S2/c1-12(2)14-4-6-15(7-5-14)21-26(23,24)16-8-9-18-17(10-16)20-19(22)13(3)11-25-18/h4-10,12-13,21H,11H2,1-3H3,(H,20,22)/t13-/m0/s1. The van der Waals surface area contributed by atoms with Crippen LogP contribution in [0.1, 0.15) is 32.3 Å². The molecule has 0 saturated carbocycles. The maximum absolute atomic E-state index is 12.7.